The highest BCUT2D eigenvalue weighted by Gasteiger charge is 2.17. The maximum absolute atomic E-state index is 6.45. The standard InChI is InChI=1S/C36H22ClNO/c37-26-18-16-23(17-19-26)24-20-25(28-11-7-12-32-31-10-3-6-15-35(31)39-36(28)32)22-27(21-24)38-33-13-4-1-8-29(33)30-9-2-5-14-34(30)38/h1-22H. The molecule has 2 heterocycles. The van der Waals surface area contributed by atoms with E-state index in [2.05, 4.69) is 114 Å². The Morgan fingerprint density at radius 1 is 0.487 bits per heavy atom. The van der Waals surface area contributed by atoms with Gasteiger partial charge in [-0.2, -0.15) is 0 Å². The van der Waals surface area contributed by atoms with Gasteiger partial charge in [0.05, 0.1) is 11.0 Å². The Bertz CT molecular complexity index is 2130. The van der Waals surface area contributed by atoms with Gasteiger partial charge in [-0.05, 0) is 65.2 Å². The van der Waals surface area contributed by atoms with Crippen molar-refractivity contribution < 1.29 is 4.42 Å². The van der Waals surface area contributed by atoms with Gasteiger partial charge in [0.15, 0.2) is 0 Å². The van der Waals surface area contributed by atoms with Crippen LogP contribution in [-0.4, -0.2) is 4.57 Å². The minimum absolute atomic E-state index is 0.726. The zero-order chi connectivity index (χ0) is 25.9. The molecule has 0 saturated heterocycles. The number of nitrogens with zero attached hydrogens (tertiary/aromatic N) is 1. The number of aromatic nitrogens is 1. The summed E-state index contributed by atoms with van der Waals surface area (Å²) in [6.45, 7) is 0. The van der Waals surface area contributed by atoms with Crippen molar-refractivity contribution in [2.75, 3.05) is 0 Å². The van der Waals surface area contributed by atoms with Crippen LogP contribution in [0.4, 0.5) is 0 Å². The van der Waals surface area contributed by atoms with Gasteiger partial charge in [-0.3, -0.25) is 0 Å². The largest absolute Gasteiger partial charge is 0.455 e. The van der Waals surface area contributed by atoms with Crippen LogP contribution in [0.5, 0.6) is 0 Å². The molecule has 0 unspecified atom stereocenters. The molecule has 0 saturated carbocycles. The lowest BCUT2D eigenvalue weighted by Gasteiger charge is -2.14. The first-order valence-corrected chi connectivity index (χ1v) is 13.4. The summed E-state index contributed by atoms with van der Waals surface area (Å²) in [5.41, 5.74) is 9.67. The lowest BCUT2D eigenvalue weighted by molar-refractivity contribution is 0.670. The first-order chi connectivity index (χ1) is 19.2. The molecule has 0 bridgehead atoms. The van der Waals surface area contributed by atoms with Crippen LogP contribution < -0.4 is 0 Å². The molecule has 2 nitrogen and oxygen atoms in total. The van der Waals surface area contributed by atoms with Crippen LogP contribution in [0.25, 0.3) is 71.7 Å². The summed E-state index contributed by atoms with van der Waals surface area (Å²) in [7, 11) is 0. The second kappa shape index (κ2) is 8.62. The van der Waals surface area contributed by atoms with Crippen LogP contribution in [-0.2, 0) is 0 Å². The molecule has 0 fully saturated rings. The fourth-order valence-electron chi connectivity index (χ4n) is 5.88. The number of rotatable bonds is 3. The van der Waals surface area contributed by atoms with Gasteiger partial charge in [-0.25, -0.2) is 0 Å². The van der Waals surface area contributed by atoms with Gasteiger partial charge in [-0.1, -0.05) is 96.5 Å². The molecule has 0 atom stereocenters. The van der Waals surface area contributed by atoms with Crippen LogP contribution in [0.1, 0.15) is 0 Å². The second-order valence-electron chi connectivity index (χ2n) is 9.93. The molecule has 0 N–H and O–H groups in total. The van der Waals surface area contributed by atoms with E-state index < -0.39 is 0 Å². The number of halogens is 1. The number of fused-ring (bicyclic) bond motifs is 6. The molecule has 39 heavy (non-hydrogen) atoms. The van der Waals surface area contributed by atoms with Gasteiger partial charge in [0, 0.05) is 37.8 Å². The SMILES string of the molecule is Clc1ccc(-c2cc(-c3cccc4c3oc3ccccc34)cc(-n3c4ccccc4c4ccccc43)c2)cc1. The first-order valence-electron chi connectivity index (χ1n) is 13.0. The number of hydrogen-bond acceptors (Lipinski definition) is 1. The second-order valence-corrected chi connectivity index (χ2v) is 10.4. The molecule has 8 rings (SSSR count). The van der Waals surface area contributed by atoms with Gasteiger partial charge in [0.2, 0.25) is 0 Å². The van der Waals surface area contributed by atoms with Crippen molar-refractivity contribution in [3.63, 3.8) is 0 Å². The molecule has 6 aromatic carbocycles. The zero-order valence-corrected chi connectivity index (χ0v) is 21.7. The summed E-state index contributed by atoms with van der Waals surface area (Å²) in [5, 5.41) is 5.46. The minimum Gasteiger partial charge on any atom is -0.455 e. The van der Waals surface area contributed by atoms with Crippen molar-refractivity contribution in [2.45, 2.75) is 0 Å². The lowest BCUT2D eigenvalue weighted by Crippen LogP contribution is -1.96. The van der Waals surface area contributed by atoms with Crippen molar-refractivity contribution in [3.8, 4) is 27.9 Å². The van der Waals surface area contributed by atoms with E-state index in [1.54, 1.807) is 0 Å². The molecule has 0 aliphatic rings. The van der Waals surface area contributed by atoms with E-state index in [0.29, 0.717) is 0 Å². The Morgan fingerprint density at radius 3 is 1.85 bits per heavy atom. The topological polar surface area (TPSA) is 18.1 Å². The van der Waals surface area contributed by atoms with Crippen molar-refractivity contribution >= 4 is 55.3 Å². The van der Waals surface area contributed by atoms with Gasteiger partial charge in [0.1, 0.15) is 11.2 Å². The molecule has 3 heteroatoms. The van der Waals surface area contributed by atoms with E-state index in [0.717, 1.165) is 54.9 Å². The number of furan rings is 1. The molecule has 0 spiro atoms. The lowest BCUT2D eigenvalue weighted by atomic mass is 9.96. The average Bonchev–Trinajstić information content (AvgIpc) is 3.53. The molecule has 184 valence electrons. The van der Waals surface area contributed by atoms with Crippen molar-refractivity contribution in [1.82, 2.24) is 4.57 Å². The third-order valence-electron chi connectivity index (χ3n) is 7.65. The summed E-state index contributed by atoms with van der Waals surface area (Å²) in [6, 6.07) is 46.7. The van der Waals surface area contributed by atoms with E-state index in [4.69, 9.17) is 16.0 Å². The molecular weight excluding hydrogens is 498 g/mol. The maximum atomic E-state index is 6.45. The van der Waals surface area contributed by atoms with Crippen LogP contribution in [0.2, 0.25) is 5.02 Å². The van der Waals surface area contributed by atoms with Crippen LogP contribution in [0.3, 0.4) is 0 Å². The van der Waals surface area contributed by atoms with E-state index in [9.17, 15) is 0 Å². The smallest absolute Gasteiger partial charge is 0.143 e. The highest BCUT2D eigenvalue weighted by atomic mass is 35.5. The molecule has 0 radical (unpaired) electrons. The predicted molar refractivity (Wildman–Crippen MR) is 164 cm³/mol. The van der Waals surface area contributed by atoms with Crippen molar-refractivity contribution in [2.24, 2.45) is 0 Å². The molecule has 0 aliphatic carbocycles. The minimum atomic E-state index is 0.726. The van der Waals surface area contributed by atoms with Crippen LogP contribution in [0.15, 0.2) is 138 Å². The Morgan fingerprint density at radius 2 is 1.10 bits per heavy atom. The Kier molecular flexibility index (Phi) is 4.91. The van der Waals surface area contributed by atoms with E-state index >= 15 is 0 Å². The monoisotopic (exact) mass is 519 g/mol. The summed E-state index contributed by atoms with van der Waals surface area (Å²) < 4.78 is 8.81. The average molecular weight is 520 g/mol. The fraction of sp³-hybridized carbons (Fsp3) is 0. The summed E-state index contributed by atoms with van der Waals surface area (Å²) in [6.07, 6.45) is 0. The Labute approximate surface area is 230 Å². The van der Waals surface area contributed by atoms with Crippen LogP contribution in [0, 0.1) is 0 Å². The molecule has 0 amide bonds. The quantitative estimate of drug-likeness (QED) is 0.227. The molecular formula is C36H22ClNO. The zero-order valence-electron chi connectivity index (χ0n) is 20.9. The summed E-state index contributed by atoms with van der Waals surface area (Å²) in [5.74, 6) is 0. The fourth-order valence-corrected chi connectivity index (χ4v) is 6.01. The first kappa shape index (κ1) is 22.2. The Hall–Kier alpha value is -4.79. The van der Waals surface area contributed by atoms with Crippen molar-refractivity contribution in [1.29, 1.82) is 0 Å². The third-order valence-corrected chi connectivity index (χ3v) is 7.90. The number of benzene rings is 6. The van der Waals surface area contributed by atoms with Gasteiger partial charge < -0.3 is 8.98 Å². The molecule has 8 aromatic rings. The van der Waals surface area contributed by atoms with Gasteiger partial charge in [-0.15, -0.1) is 0 Å². The molecule has 0 aliphatic heterocycles. The van der Waals surface area contributed by atoms with Gasteiger partial charge in [0.25, 0.3) is 0 Å². The maximum Gasteiger partial charge on any atom is 0.143 e. The number of hydrogen-bond donors (Lipinski definition) is 0. The summed E-state index contributed by atoms with van der Waals surface area (Å²) >= 11 is 6.26. The van der Waals surface area contributed by atoms with Gasteiger partial charge >= 0.3 is 0 Å². The van der Waals surface area contributed by atoms with Crippen molar-refractivity contribution in [3.05, 3.63) is 138 Å². The predicted octanol–water partition coefficient (Wildman–Crippen LogP) is 10.7. The highest BCUT2D eigenvalue weighted by molar-refractivity contribution is 6.30. The van der Waals surface area contributed by atoms with E-state index in [1.807, 2.05) is 24.3 Å². The number of para-hydroxylation sites is 4. The third kappa shape index (κ3) is 3.49. The highest BCUT2D eigenvalue weighted by Crippen LogP contribution is 2.40. The van der Waals surface area contributed by atoms with E-state index in [1.165, 1.54) is 21.8 Å². The molecule has 2 aromatic heterocycles. The van der Waals surface area contributed by atoms with Crippen LogP contribution >= 0.6 is 11.6 Å². The normalized spacial score (nSPS) is 11.7. The Balaban J connectivity index is 1.46. The van der Waals surface area contributed by atoms with E-state index in [-0.39, 0.29) is 0 Å². The summed E-state index contributed by atoms with van der Waals surface area (Å²) in [4.78, 5) is 0.